The van der Waals surface area contributed by atoms with Gasteiger partial charge in [0, 0.05) is 18.8 Å². The van der Waals surface area contributed by atoms with Gasteiger partial charge in [-0.2, -0.15) is 0 Å². The maximum absolute atomic E-state index is 11.6. The largest absolute Gasteiger partial charge is 0.372 e. The van der Waals surface area contributed by atoms with Crippen molar-refractivity contribution in [1.82, 2.24) is 10.6 Å². The minimum Gasteiger partial charge on any atom is -0.372 e. The highest BCUT2D eigenvalue weighted by Crippen LogP contribution is 2.20. The van der Waals surface area contributed by atoms with E-state index in [0.29, 0.717) is 10.8 Å². The highest BCUT2D eigenvalue weighted by Gasteiger charge is 2.19. The Morgan fingerprint density at radius 2 is 1.67 bits per heavy atom. The van der Waals surface area contributed by atoms with E-state index in [2.05, 4.69) is 27.7 Å². The second-order valence-corrected chi connectivity index (χ2v) is 5.87. The van der Waals surface area contributed by atoms with Crippen LogP contribution in [0.25, 0.3) is 6.08 Å². The summed E-state index contributed by atoms with van der Waals surface area (Å²) in [5.74, 6) is -0.170. The molecule has 1 aromatic rings. The number of benzene rings is 1. The molecule has 0 unspecified atom stereocenters. The fourth-order valence-corrected chi connectivity index (χ4v) is 2.96. The van der Waals surface area contributed by atoms with Gasteiger partial charge in [0.2, 0.25) is 0 Å². The minimum atomic E-state index is -0.170. The topological polar surface area (TPSA) is 44.4 Å². The predicted molar refractivity (Wildman–Crippen MR) is 89.0 cm³/mol. The van der Waals surface area contributed by atoms with Crippen LogP contribution >= 0.6 is 12.2 Å². The number of rotatable bonds is 2. The van der Waals surface area contributed by atoms with Gasteiger partial charge < -0.3 is 10.2 Å². The molecule has 3 rings (SSSR count). The summed E-state index contributed by atoms with van der Waals surface area (Å²) in [5.41, 5.74) is 2.76. The number of thiocarbonyl (C=S) groups is 1. The molecule has 2 N–H and O–H groups in total. The number of hydrogen-bond acceptors (Lipinski definition) is 3. The predicted octanol–water partition coefficient (Wildman–Crippen LogP) is 2.41. The Bertz CT molecular complexity index is 572. The summed E-state index contributed by atoms with van der Waals surface area (Å²) in [6.45, 7) is 2.28. The van der Waals surface area contributed by atoms with E-state index in [0.717, 1.165) is 18.7 Å². The molecule has 0 saturated carbocycles. The van der Waals surface area contributed by atoms with Crippen molar-refractivity contribution in [2.24, 2.45) is 0 Å². The van der Waals surface area contributed by atoms with Crippen LogP contribution < -0.4 is 15.5 Å². The van der Waals surface area contributed by atoms with Crippen LogP contribution in [-0.4, -0.2) is 24.1 Å². The number of hydrogen-bond donors (Lipinski definition) is 2. The molecule has 2 aliphatic rings. The number of nitrogens with one attached hydrogen (secondary N) is 2. The summed E-state index contributed by atoms with van der Waals surface area (Å²) in [7, 11) is 0. The Balaban J connectivity index is 1.73. The van der Waals surface area contributed by atoms with Gasteiger partial charge in [-0.05, 0) is 48.8 Å². The summed E-state index contributed by atoms with van der Waals surface area (Å²) >= 11 is 4.92. The van der Waals surface area contributed by atoms with Crippen molar-refractivity contribution in [1.29, 1.82) is 0 Å². The molecule has 1 aromatic carbocycles. The molecule has 0 aromatic heterocycles. The van der Waals surface area contributed by atoms with Crippen molar-refractivity contribution in [2.45, 2.75) is 25.7 Å². The van der Waals surface area contributed by atoms with Gasteiger partial charge in [0.1, 0.15) is 5.70 Å². The molecular weight excluding hydrogens is 282 g/mol. The minimum absolute atomic E-state index is 0.170. The third kappa shape index (κ3) is 3.42. The summed E-state index contributed by atoms with van der Waals surface area (Å²) < 4.78 is 0. The molecular formula is C16H19N3OS. The SMILES string of the molecule is O=C1NC(=S)N/C1=C\c1ccc(N2CCCCCC2)cc1. The summed E-state index contributed by atoms with van der Waals surface area (Å²) in [4.78, 5) is 14.0. The van der Waals surface area contributed by atoms with Gasteiger partial charge >= 0.3 is 0 Å². The first-order valence-corrected chi connectivity index (χ1v) is 7.82. The molecule has 0 atom stereocenters. The molecule has 21 heavy (non-hydrogen) atoms. The lowest BCUT2D eigenvalue weighted by Crippen LogP contribution is -2.23. The van der Waals surface area contributed by atoms with E-state index >= 15 is 0 Å². The Morgan fingerprint density at radius 1 is 1.00 bits per heavy atom. The molecule has 2 aliphatic heterocycles. The first kappa shape index (κ1) is 14.1. The molecule has 5 heteroatoms. The molecule has 2 heterocycles. The van der Waals surface area contributed by atoms with Crippen LogP contribution in [0.1, 0.15) is 31.2 Å². The molecule has 0 bridgehead atoms. The fourth-order valence-electron chi connectivity index (χ4n) is 2.76. The van der Waals surface area contributed by atoms with Crippen molar-refractivity contribution < 1.29 is 4.79 Å². The van der Waals surface area contributed by atoms with E-state index in [1.54, 1.807) is 0 Å². The third-order valence-corrected chi connectivity index (χ3v) is 4.10. The zero-order valence-corrected chi connectivity index (χ0v) is 12.7. The maximum Gasteiger partial charge on any atom is 0.273 e. The van der Waals surface area contributed by atoms with E-state index in [1.807, 2.05) is 18.2 Å². The summed E-state index contributed by atoms with van der Waals surface area (Å²) in [6.07, 6.45) is 7.03. The van der Waals surface area contributed by atoms with Gasteiger partial charge in [0.15, 0.2) is 5.11 Å². The lowest BCUT2D eigenvalue weighted by molar-refractivity contribution is -0.115. The lowest BCUT2D eigenvalue weighted by atomic mass is 10.1. The van der Waals surface area contributed by atoms with Crippen LogP contribution in [-0.2, 0) is 4.79 Å². The molecule has 0 aliphatic carbocycles. The Morgan fingerprint density at radius 3 is 2.24 bits per heavy atom. The van der Waals surface area contributed by atoms with E-state index in [4.69, 9.17) is 12.2 Å². The molecule has 110 valence electrons. The molecule has 2 saturated heterocycles. The number of nitrogens with zero attached hydrogens (tertiary/aromatic N) is 1. The quantitative estimate of drug-likeness (QED) is 0.650. The number of anilines is 1. The van der Waals surface area contributed by atoms with Gasteiger partial charge in [0.25, 0.3) is 5.91 Å². The monoisotopic (exact) mass is 301 g/mol. The Hall–Kier alpha value is -1.88. The number of carbonyl (C=O) groups is 1. The second kappa shape index (κ2) is 6.26. The van der Waals surface area contributed by atoms with E-state index < -0.39 is 0 Å². The first-order valence-electron chi connectivity index (χ1n) is 7.41. The Kier molecular flexibility index (Phi) is 4.20. The van der Waals surface area contributed by atoms with Crippen molar-refractivity contribution >= 4 is 35.0 Å². The van der Waals surface area contributed by atoms with E-state index in [9.17, 15) is 4.79 Å². The molecule has 0 spiro atoms. The highest BCUT2D eigenvalue weighted by molar-refractivity contribution is 7.80. The summed E-state index contributed by atoms with van der Waals surface area (Å²) in [5, 5.41) is 5.79. The van der Waals surface area contributed by atoms with Gasteiger partial charge in [-0.25, -0.2) is 0 Å². The van der Waals surface area contributed by atoms with Crippen LogP contribution in [0, 0.1) is 0 Å². The second-order valence-electron chi connectivity index (χ2n) is 5.46. The van der Waals surface area contributed by atoms with Crippen LogP contribution in [0.5, 0.6) is 0 Å². The van der Waals surface area contributed by atoms with Crippen molar-refractivity contribution in [3.8, 4) is 0 Å². The van der Waals surface area contributed by atoms with Gasteiger partial charge in [-0.1, -0.05) is 25.0 Å². The molecule has 0 radical (unpaired) electrons. The molecule has 4 nitrogen and oxygen atoms in total. The first-order chi connectivity index (χ1) is 10.2. The van der Waals surface area contributed by atoms with Crippen LogP contribution in [0.2, 0.25) is 0 Å². The molecule has 1 amide bonds. The highest BCUT2D eigenvalue weighted by atomic mass is 32.1. The van der Waals surface area contributed by atoms with Crippen LogP contribution in [0.3, 0.4) is 0 Å². The van der Waals surface area contributed by atoms with Crippen LogP contribution in [0.4, 0.5) is 5.69 Å². The van der Waals surface area contributed by atoms with Gasteiger partial charge in [-0.3, -0.25) is 10.1 Å². The van der Waals surface area contributed by atoms with Gasteiger partial charge in [0.05, 0.1) is 0 Å². The van der Waals surface area contributed by atoms with Crippen molar-refractivity contribution in [2.75, 3.05) is 18.0 Å². The normalized spacial score (nSPS) is 21.1. The maximum atomic E-state index is 11.6. The summed E-state index contributed by atoms with van der Waals surface area (Å²) in [6, 6.07) is 8.35. The fraction of sp³-hybridized carbons (Fsp3) is 0.375. The van der Waals surface area contributed by atoms with Crippen LogP contribution in [0.15, 0.2) is 30.0 Å². The van der Waals surface area contributed by atoms with Crippen molar-refractivity contribution in [3.05, 3.63) is 35.5 Å². The van der Waals surface area contributed by atoms with Crippen molar-refractivity contribution in [3.63, 3.8) is 0 Å². The Labute approximate surface area is 130 Å². The van der Waals surface area contributed by atoms with E-state index in [1.165, 1.54) is 31.4 Å². The zero-order valence-electron chi connectivity index (χ0n) is 11.9. The smallest absolute Gasteiger partial charge is 0.273 e. The number of carbonyl (C=O) groups excluding carboxylic acids is 1. The standard InChI is InChI=1S/C16H19N3OS/c20-15-14(17-16(21)18-15)11-12-5-7-13(8-6-12)19-9-3-1-2-4-10-19/h5-8,11H,1-4,9-10H2,(H2,17,18,20,21)/b14-11-. The average molecular weight is 301 g/mol. The van der Waals surface area contributed by atoms with E-state index in [-0.39, 0.29) is 5.91 Å². The molecule has 2 fully saturated rings. The van der Waals surface area contributed by atoms with Gasteiger partial charge in [-0.15, -0.1) is 0 Å². The average Bonchev–Trinajstić information content (AvgIpc) is 2.71. The number of amides is 1. The zero-order chi connectivity index (χ0) is 14.7. The third-order valence-electron chi connectivity index (χ3n) is 3.90. The lowest BCUT2D eigenvalue weighted by Gasteiger charge is -2.22.